The van der Waals surface area contributed by atoms with Crippen LogP contribution < -0.4 is 10.5 Å². The molecule has 0 atom stereocenters. The van der Waals surface area contributed by atoms with Crippen molar-refractivity contribution in [2.45, 2.75) is 4.90 Å². The summed E-state index contributed by atoms with van der Waals surface area (Å²) in [6, 6.07) is 3.47. The molecule has 0 aliphatic carbocycles. The molecule has 0 spiro atoms. The van der Waals surface area contributed by atoms with Crippen LogP contribution in [-0.4, -0.2) is 13.4 Å². The van der Waals surface area contributed by atoms with Gasteiger partial charge in [-0.3, -0.25) is 9.71 Å². The average molecular weight is 336 g/mol. The summed E-state index contributed by atoms with van der Waals surface area (Å²) in [7, 11) is -4.23. The zero-order valence-electron chi connectivity index (χ0n) is 9.77. The largest absolute Gasteiger partial charge is 0.396 e. The minimum absolute atomic E-state index is 0.00144. The smallest absolute Gasteiger partial charge is 0.265 e. The van der Waals surface area contributed by atoms with Crippen molar-refractivity contribution in [1.82, 2.24) is 4.98 Å². The van der Waals surface area contributed by atoms with Crippen LogP contribution in [0.1, 0.15) is 0 Å². The van der Waals surface area contributed by atoms with Crippen LogP contribution >= 0.6 is 23.2 Å². The second kappa shape index (κ2) is 5.43. The van der Waals surface area contributed by atoms with Crippen LogP contribution in [0.3, 0.4) is 0 Å². The second-order valence-electron chi connectivity index (χ2n) is 3.77. The summed E-state index contributed by atoms with van der Waals surface area (Å²) in [5.74, 6) is -1.08. The number of hydrogen-bond donors (Lipinski definition) is 2. The molecule has 20 heavy (non-hydrogen) atoms. The lowest BCUT2D eigenvalue weighted by atomic mass is 10.3. The Kier molecular flexibility index (Phi) is 4.03. The highest BCUT2D eigenvalue weighted by Crippen LogP contribution is 2.28. The maximum absolute atomic E-state index is 13.8. The third-order valence-electron chi connectivity index (χ3n) is 2.33. The van der Waals surface area contributed by atoms with Gasteiger partial charge >= 0.3 is 0 Å². The number of pyridine rings is 1. The van der Waals surface area contributed by atoms with Crippen molar-refractivity contribution >= 4 is 44.6 Å². The van der Waals surface area contributed by atoms with Crippen LogP contribution in [0.5, 0.6) is 0 Å². The Hall–Kier alpha value is -1.57. The Balaban J connectivity index is 2.49. The monoisotopic (exact) mass is 335 g/mol. The van der Waals surface area contributed by atoms with E-state index < -0.39 is 20.7 Å². The van der Waals surface area contributed by atoms with E-state index >= 15 is 0 Å². The predicted octanol–water partition coefficient (Wildman–Crippen LogP) is 2.91. The van der Waals surface area contributed by atoms with Crippen molar-refractivity contribution in [3.05, 3.63) is 46.5 Å². The lowest BCUT2D eigenvalue weighted by Crippen LogP contribution is -2.16. The zero-order chi connectivity index (χ0) is 14.9. The Morgan fingerprint density at radius 2 is 2.00 bits per heavy atom. The summed E-state index contributed by atoms with van der Waals surface area (Å²) in [6.45, 7) is 0. The molecule has 0 aliphatic rings. The molecular weight excluding hydrogens is 328 g/mol. The molecule has 106 valence electrons. The summed E-state index contributed by atoms with van der Waals surface area (Å²) in [5.41, 5.74) is 5.01. The lowest BCUT2D eigenvalue weighted by molar-refractivity contribution is 0.573. The van der Waals surface area contributed by atoms with Crippen LogP contribution in [0, 0.1) is 5.82 Å². The molecule has 1 aromatic carbocycles. The second-order valence-corrected chi connectivity index (χ2v) is 6.26. The minimum atomic E-state index is -4.23. The predicted molar refractivity (Wildman–Crippen MR) is 75.9 cm³/mol. The van der Waals surface area contributed by atoms with E-state index in [0.29, 0.717) is 0 Å². The number of anilines is 2. The van der Waals surface area contributed by atoms with Crippen LogP contribution in [0.25, 0.3) is 0 Å². The third-order valence-corrected chi connectivity index (χ3v) is 4.25. The maximum Gasteiger partial charge on any atom is 0.265 e. The first kappa shape index (κ1) is 14.8. The lowest BCUT2D eigenvalue weighted by Gasteiger charge is -2.11. The van der Waals surface area contributed by atoms with Gasteiger partial charge in [0.1, 0.15) is 4.90 Å². The first-order valence-corrected chi connectivity index (χ1v) is 7.42. The first-order chi connectivity index (χ1) is 9.31. The molecule has 0 bridgehead atoms. The normalized spacial score (nSPS) is 11.3. The first-order valence-electron chi connectivity index (χ1n) is 5.18. The summed E-state index contributed by atoms with van der Waals surface area (Å²) in [6.07, 6.45) is 2.59. The van der Waals surface area contributed by atoms with Gasteiger partial charge in [-0.2, -0.15) is 0 Å². The number of nitrogens with two attached hydrogens (primary N) is 1. The van der Waals surface area contributed by atoms with Crippen molar-refractivity contribution in [2.75, 3.05) is 10.5 Å². The van der Waals surface area contributed by atoms with Crippen molar-refractivity contribution in [2.24, 2.45) is 0 Å². The van der Waals surface area contributed by atoms with E-state index in [-0.39, 0.29) is 21.4 Å². The summed E-state index contributed by atoms with van der Waals surface area (Å²) in [5, 5.41) is 0.126. The number of sulfonamides is 1. The van der Waals surface area contributed by atoms with E-state index in [1.54, 1.807) is 0 Å². The van der Waals surface area contributed by atoms with Crippen LogP contribution in [0.4, 0.5) is 15.8 Å². The van der Waals surface area contributed by atoms with E-state index in [9.17, 15) is 12.8 Å². The molecule has 5 nitrogen and oxygen atoms in total. The number of halogens is 3. The zero-order valence-corrected chi connectivity index (χ0v) is 12.1. The van der Waals surface area contributed by atoms with E-state index in [4.69, 9.17) is 28.9 Å². The summed E-state index contributed by atoms with van der Waals surface area (Å²) >= 11 is 11.5. The Bertz CT molecular complexity index is 768. The molecule has 9 heteroatoms. The molecular formula is C11H8Cl2FN3O2S. The summed E-state index contributed by atoms with van der Waals surface area (Å²) in [4.78, 5) is 3.06. The van der Waals surface area contributed by atoms with Crippen molar-refractivity contribution < 1.29 is 12.8 Å². The fourth-order valence-corrected chi connectivity index (χ4v) is 3.13. The van der Waals surface area contributed by atoms with E-state index in [0.717, 1.165) is 12.1 Å². The van der Waals surface area contributed by atoms with Gasteiger partial charge in [-0.15, -0.1) is 0 Å². The number of hydrogen-bond acceptors (Lipinski definition) is 4. The highest BCUT2D eigenvalue weighted by molar-refractivity contribution is 7.92. The maximum atomic E-state index is 13.8. The van der Waals surface area contributed by atoms with E-state index in [1.807, 2.05) is 0 Å². The molecule has 0 amide bonds. The average Bonchev–Trinajstić information content (AvgIpc) is 2.36. The van der Waals surface area contributed by atoms with Gasteiger partial charge in [0.05, 0.1) is 22.6 Å². The minimum Gasteiger partial charge on any atom is -0.396 e. The fourth-order valence-electron chi connectivity index (χ4n) is 1.43. The van der Waals surface area contributed by atoms with Crippen molar-refractivity contribution in [3.63, 3.8) is 0 Å². The number of nitrogens with one attached hydrogen (secondary N) is 1. The summed E-state index contributed by atoms with van der Waals surface area (Å²) < 4.78 is 40.2. The molecule has 0 unspecified atom stereocenters. The standard InChI is InChI=1S/C11H8Cl2FN3O2S/c12-6-3-8(15)11(14)10(4-6)20(18,19)17-9-5-16-2-1-7(9)13/h1-5,17H,15H2. The molecule has 0 saturated heterocycles. The number of benzene rings is 1. The molecule has 1 heterocycles. The van der Waals surface area contributed by atoms with Crippen LogP contribution in [-0.2, 0) is 10.0 Å². The number of nitrogen functional groups attached to an aromatic ring is 1. The van der Waals surface area contributed by atoms with Crippen LogP contribution in [0.15, 0.2) is 35.5 Å². The number of nitrogens with zero attached hydrogens (tertiary/aromatic N) is 1. The molecule has 0 aliphatic heterocycles. The Morgan fingerprint density at radius 3 is 2.65 bits per heavy atom. The van der Waals surface area contributed by atoms with Gasteiger partial charge in [-0.05, 0) is 18.2 Å². The van der Waals surface area contributed by atoms with Gasteiger partial charge < -0.3 is 5.73 Å². The topological polar surface area (TPSA) is 85.1 Å². The quantitative estimate of drug-likeness (QED) is 0.844. The van der Waals surface area contributed by atoms with Crippen molar-refractivity contribution in [3.8, 4) is 0 Å². The number of aromatic nitrogens is 1. The van der Waals surface area contributed by atoms with E-state index in [2.05, 4.69) is 9.71 Å². The van der Waals surface area contributed by atoms with Crippen LogP contribution in [0.2, 0.25) is 10.0 Å². The Morgan fingerprint density at radius 1 is 1.30 bits per heavy atom. The molecule has 2 aromatic rings. The van der Waals surface area contributed by atoms with Gasteiger partial charge in [-0.25, -0.2) is 12.8 Å². The number of rotatable bonds is 3. The van der Waals surface area contributed by atoms with Gasteiger partial charge in [0.2, 0.25) is 0 Å². The molecule has 3 N–H and O–H groups in total. The van der Waals surface area contributed by atoms with Gasteiger partial charge in [-0.1, -0.05) is 23.2 Å². The Labute approximate surface area is 124 Å². The SMILES string of the molecule is Nc1cc(Cl)cc(S(=O)(=O)Nc2cnccc2Cl)c1F. The molecule has 1 aromatic heterocycles. The molecule has 0 saturated carbocycles. The molecule has 2 rings (SSSR count). The van der Waals surface area contributed by atoms with Crippen molar-refractivity contribution in [1.29, 1.82) is 0 Å². The molecule has 0 fully saturated rings. The van der Waals surface area contributed by atoms with Gasteiger partial charge in [0, 0.05) is 11.2 Å². The third kappa shape index (κ3) is 2.95. The highest BCUT2D eigenvalue weighted by Gasteiger charge is 2.22. The fraction of sp³-hybridized carbons (Fsp3) is 0. The molecule has 0 radical (unpaired) electrons. The van der Waals surface area contributed by atoms with E-state index in [1.165, 1.54) is 18.5 Å². The van der Waals surface area contributed by atoms with Gasteiger partial charge in [0.15, 0.2) is 5.82 Å². The van der Waals surface area contributed by atoms with Gasteiger partial charge in [0.25, 0.3) is 10.0 Å². The highest BCUT2D eigenvalue weighted by atomic mass is 35.5.